The fourth-order valence-electron chi connectivity index (χ4n) is 6.20. The third-order valence-corrected chi connectivity index (χ3v) is 9.59. The first-order valence-corrected chi connectivity index (χ1v) is 16.7. The van der Waals surface area contributed by atoms with Crippen LogP contribution < -0.4 is 18.9 Å². The zero-order valence-corrected chi connectivity index (χ0v) is 28.1. The lowest BCUT2D eigenvalue weighted by molar-refractivity contribution is -0.146. The molecule has 2 atom stereocenters. The fourth-order valence-corrected chi connectivity index (χ4v) is 6.95. The van der Waals surface area contributed by atoms with Crippen molar-refractivity contribution >= 4 is 40.3 Å². The van der Waals surface area contributed by atoms with Crippen molar-refractivity contribution in [2.75, 3.05) is 26.9 Å². The molecule has 0 amide bonds. The van der Waals surface area contributed by atoms with Crippen LogP contribution in [0.1, 0.15) is 28.7 Å². The van der Waals surface area contributed by atoms with Crippen LogP contribution >= 0.6 is 23.3 Å². The van der Waals surface area contributed by atoms with Crippen molar-refractivity contribution in [2.45, 2.75) is 45.2 Å². The number of ether oxygens (including phenoxy) is 5. The lowest BCUT2D eigenvalue weighted by Gasteiger charge is -2.24. The standard InChI is InChI=1S/C36H34ClN3O7S/c1-21-24(4-3-5-27(21)23-7-9-32-35(14-23)45-11-10-44-32)20-47-34-16-33(46-19-22-6-8-29-30(12-22)39-48-38-29)25(13-28(34)37)17-40-18-26(41)15-31(40)36(42)43-2/h3-9,12-14,16,26,31,41H,10-11,15,17-20H2,1-2H3/t26-,31-/m1/s1. The molecule has 2 aliphatic rings. The lowest BCUT2D eigenvalue weighted by Crippen LogP contribution is -2.36. The van der Waals surface area contributed by atoms with Crippen molar-refractivity contribution in [3.63, 3.8) is 0 Å². The summed E-state index contributed by atoms with van der Waals surface area (Å²) in [4.78, 5) is 14.4. The van der Waals surface area contributed by atoms with Crippen molar-refractivity contribution in [1.82, 2.24) is 13.6 Å². The Kier molecular flexibility index (Phi) is 9.36. The minimum atomic E-state index is -0.642. The van der Waals surface area contributed by atoms with Crippen molar-refractivity contribution in [1.29, 1.82) is 0 Å². The fraction of sp³-hybridized carbons (Fsp3) is 0.306. The number of carbonyl (C=O) groups is 1. The second-order valence-electron chi connectivity index (χ2n) is 11.9. The molecule has 5 aromatic rings. The second-order valence-corrected chi connectivity index (χ2v) is 12.8. The topological polar surface area (TPSA) is 112 Å². The van der Waals surface area contributed by atoms with Crippen molar-refractivity contribution in [3.8, 4) is 34.1 Å². The van der Waals surface area contributed by atoms with E-state index >= 15 is 0 Å². The summed E-state index contributed by atoms with van der Waals surface area (Å²) in [5.41, 5.74) is 7.50. The lowest BCUT2D eigenvalue weighted by atomic mass is 9.96. The number of aliphatic hydroxyl groups excluding tert-OH is 1. The molecular formula is C36H34ClN3O7S. The minimum absolute atomic E-state index is 0.265. The predicted molar refractivity (Wildman–Crippen MR) is 182 cm³/mol. The first-order valence-electron chi connectivity index (χ1n) is 15.6. The highest BCUT2D eigenvalue weighted by Crippen LogP contribution is 2.38. The van der Waals surface area contributed by atoms with E-state index in [0.717, 1.165) is 55.9 Å². The van der Waals surface area contributed by atoms with Crippen LogP contribution in [-0.2, 0) is 29.3 Å². The smallest absolute Gasteiger partial charge is 0.323 e. The number of hydrogen-bond acceptors (Lipinski definition) is 11. The molecule has 248 valence electrons. The molecule has 1 fully saturated rings. The molecule has 1 saturated heterocycles. The normalized spacial score (nSPS) is 17.4. The zero-order valence-electron chi connectivity index (χ0n) is 26.5. The van der Waals surface area contributed by atoms with Gasteiger partial charge < -0.3 is 28.8 Å². The summed E-state index contributed by atoms with van der Waals surface area (Å²) in [6.45, 7) is 4.32. The molecule has 48 heavy (non-hydrogen) atoms. The number of aliphatic hydroxyl groups is 1. The molecule has 0 bridgehead atoms. The molecule has 12 heteroatoms. The number of β-amino-alcohol motifs (C(OH)–C–C–N with tert-alkyl or cyclic N) is 1. The van der Waals surface area contributed by atoms with Crippen LogP contribution in [0.5, 0.6) is 23.0 Å². The van der Waals surface area contributed by atoms with Gasteiger partial charge in [0.1, 0.15) is 55.0 Å². The van der Waals surface area contributed by atoms with Gasteiger partial charge in [-0.1, -0.05) is 41.9 Å². The van der Waals surface area contributed by atoms with Crippen LogP contribution in [0.3, 0.4) is 0 Å². The van der Waals surface area contributed by atoms with E-state index in [1.807, 2.05) is 53.4 Å². The molecule has 0 radical (unpaired) electrons. The molecule has 1 aromatic heterocycles. The molecule has 3 heterocycles. The third-order valence-electron chi connectivity index (χ3n) is 8.74. The summed E-state index contributed by atoms with van der Waals surface area (Å²) < 4.78 is 37.9. The highest BCUT2D eigenvalue weighted by Gasteiger charge is 2.37. The van der Waals surface area contributed by atoms with Crippen LogP contribution in [-0.4, -0.2) is 63.7 Å². The van der Waals surface area contributed by atoms with Crippen LogP contribution in [0.15, 0.2) is 66.7 Å². The number of nitrogens with zero attached hydrogens (tertiary/aromatic N) is 3. The van der Waals surface area contributed by atoms with Crippen molar-refractivity contribution in [3.05, 3.63) is 94.0 Å². The Morgan fingerprint density at radius 1 is 0.958 bits per heavy atom. The van der Waals surface area contributed by atoms with E-state index in [4.69, 9.17) is 35.3 Å². The molecule has 0 unspecified atom stereocenters. The van der Waals surface area contributed by atoms with Crippen LogP contribution in [0, 0.1) is 6.92 Å². The van der Waals surface area contributed by atoms with E-state index in [9.17, 15) is 9.90 Å². The highest BCUT2D eigenvalue weighted by molar-refractivity contribution is 7.00. The van der Waals surface area contributed by atoms with Gasteiger partial charge in [-0.05, 0) is 65.1 Å². The molecule has 0 spiro atoms. The summed E-state index contributed by atoms with van der Waals surface area (Å²) in [5, 5.41) is 10.8. The Morgan fingerprint density at radius 2 is 1.77 bits per heavy atom. The Bertz CT molecular complexity index is 1970. The zero-order chi connectivity index (χ0) is 33.2. The number of carbonyl (C=O) groups excluding carboxylic acids is 1. The largest absolute Gasteiger partial charge is 0.488 e. The quantitative estimate of drug-likeness (QED) is 0.167. The van der Waals surface area contributed by atoms with E-state index in [1.165, 1.54) is 18.8 Å². The SMILES string of the molecule is COC(=O)[C@H]1C[C@@H](O)CN1Cc1cc(Cl)c(OCc2cccc(-c3ccc4c(c3)OCCO4)c2C)cc1OCc1ccc2nsnc2c1. The van der Waals surface area contributed by atoms with Gasteiger partial charge in [0.15, 0.2) is 11.5 Å². The van der Waals surface area contributed by atoms with Gasteiger partial charge in [0.2, 0.25) is 0 Å². The summed E-state index contributed by atoms with van der Waals surface area (Å²) in [7, 11) is 1.35. The van der Waals surface area contributed by atoms with Gasteiger partial charge in [-0.3, -0.25) is 9.69 Å². The molecule has 10 nitrogen and oxygen atoms in total. The number of aromatic nitrogens is 2. The number of likely N-dealkylation sites (tertiary alicyclic amines) is 1. The number of methoxy groups -OCH3 is 1. The average Bonchev–Trinajstić information content (AvgIpc) is 3.73. The molecule has 7 rings (SSSR count). The molecular weight excluding hydrogens is 654 g/mol. The number of benzene rings is 4. The van der Waals surface area contributed by atoms with Crippen LogP contribution in [0.25, 0.3) is 22.2 Å². The van der Waals surface area contributed by atoms with Crippen molar-refractivity contribution < 1.29 is 33.6 Å². The van der Waals surface area contributed by atoms with Crippen LogP contribution in [0.4, 0.5) is 0 Å². The molecule has 2 aliphatic heterocycles. The van der Waals surface area contributed by atoms with Crippen LogP contribution in [0.2, 0.25) is 5.02 Å². The van der Waals surface area contributed by atoms with Gasteiger partial charge in [0.05, 0.1) is 30.0 Å². The van der Waals surface area contributed by atoms with Gasteiger partial charge >= 0.3 is 5.97 Å². The van der Waals surface area contributed by atoms with Gasteiger partial charge in [-0.25, -0.2) is 0 Å². The van der Waals surface area contributed by atoms with E-state index < -0.39 is 12.1 Å². The highest BCUT2D eigenvalue weighted by atomic mass is 35.5. The van der Waals surface area contributed by atoms with Gasteiger partial charge in [-0.2, -0.15) is 8.75 Å². The first kappa shape index (κ1) is 32.1. The third kappa shape index (κ3) is 6.77. The Morgan fingerprint density at radius 3 is 2.62 bits per heavy atom. The number of rotatable bonds is 10. The van der Waals surface area contributed by atoms with E-state index in [1.54, 1.807) is 12.1 Å². The number of hydrogen-bond donors (Lipinski definition) is 1. The van der Waals surface area contributed by atoms with Gasteiger partial charge in [0, 0.05) is 31.1 Å². The molecule has 0 aliphatic carbocycles. The maximum absolute atomic E-state index is 12.5. The Labute approximate surface area is 287 Å². The maximum Gasteiger partial charge on any atom is 0.323 e. The number of esters is 1. The first-order chi connectivity index (χ1) is 23.4. The maximum atomic E-state index is 12.5. The van der Waals surface area contributed by atoms with Gasteiger partial charge in [0.25, 0.3) is 0 Å². The average molecular weight is 688 g/mol. The Balaban J connectivity index is 1.14. The second kappa shape index (κ2) is 14.0. The predicted octanol–water partition coefficient (Wildman–Crippen LogP) is 6.36. The Hall–Kier alpha value is -4.42. The van der Waals surface area contributed by atoms with Gasteiger partial charge in [-0.15, -0.1) is 0 Å². The summed E-state index contributed by atoms with van der Waals surface area (Å²) in [5.74, 6) is 2.12. The molecule has 0 saturated carbocycles. The number of fused-ring (bicyclic) bond motifs is 2. The van der Waals surface area contributed by atoms with E-state index in [2.05, 4.69) is 21.7 Å². The summed E-state index contributed by atoms with van der Waals surface area (Å²) in [6.07, 6.45) is -0.347. The van der Waals surface area contributed by atoms with E-state index in [0.29, 0.717) is 49.2 Å². The molecule has 1 N–H and O–H groups in total. The minimum Gasteiger partial charge on any atom is -0.488 e. The summed E-state index contributed by atoms with van der Waals surface area (Å²) in [6, 6.07) is 21.0. The van der Waals surface area contributed by atoms with E-state index in [-0.39, 0.29) is 19.2 Å². The summed E-state index contributed by atoms with van der Waals surface area (Å²) >= 11 is 8.00. The molecule has 4 aromatic carbocycles. The van der Waals surface area contributed by atoms with Crippen molar-refractivity contribution in [2.24, 2.45) is 0 Å². The number of halogens is 1. The monoisotopic (exact) mass is 687 g/mol.